The minimum Gasteiger partial charge on any atom is -0.484 e. The van der Waals surface area contributed by atoms with E-state index >= 15 is 0 Å². The van der Waals surface area contributed by atoms with Gasteiger partial charge in [-0.2, -0.15) is 0 Å². The number of carboxylic acids is 1. The Labute approximate surface area is 408 Å². The Kier molecular flexibility index (Phi) is 23.6. The summed E-state index contributed by atoms with van der Waals surface area (Å²) in [6, 6.07) is 6.52. The zero-order valence-corrected chi connectivity index (χ0v) is 40.5. The van der Waals surface area contributed by atoms with Crippen LogP contribution in [0, 0.1) is 17.8 Å². The van der Waals surface area contributed by atoms with Gasteiger partial charge in [0.2, 0.25) is 35.4 Å². The summed E-state index contributed by atoms with van der Waals surface area (Å²) < 4.78 is 5.74. The predicted molar refractivity (Wildman–Crippen MR) is 263 cm³/mol. The standard InChI is InChI=1S/C47H73N13O10/c1-5-26(3)38(40(48)64)59-42(66)34(14-10-22-54-47(51)52)57-44(68)35(24-37(62)63)58-45(69)39(27(4)6-2)60-43(67)33(13-9-21-53-46(49)50)56-41(65)29-15-18-31(19-16-29)55-36(61)25-70-32-20-17-28-11-7-8-12-30(28)23-32/h7-8,11-12,17,20,23,26-27,29,31,33-35,38-39H,5-6,9-10,13-16,18-19,21-22,24-25H2,1-4H3,(H2,48,64)(H,55,61)(H,56,65)(H,57,68)(H,58,69)(H,59,66)(H,60,67)(H,62,63)(H4,49,50,53)(H4,51,52,54)/t26-,27-,29?,31?,33-,34-,35-,38-,39-/m0/s1. The molecule has 0 aliphatic heterocycles. The molecule has 7 amide bonds. The molecule has 7 atom stereocenters. The van der Waals surface area contributed by atoms with Gasteiger partial charge in [-0.05, 0) is 86.1 Å². The number of nitrogens with zero attached hydrogens (tertiary/aromatic N) is 2. The maximum Gasteiger partial charge on any atom is 0.305 e. The molecule has 17 N–H and O–H groups in total. The highest BCUT2D eigenvalue weighted by Gasteiger charge is 2.36. The van der Waals surface area contributed by atoms with Gasteiger partial charge in [0.15, 0.2) is 18.5 Å². The normalized spacial score (nSPS) is 17.3. The highest BCUT2D eigenvalue weighted by Crippen LogP contribution is 2.25. The van der Waals surface area contributed by atoms with Crippen molar-refractivity contribution < 1.29 is 48.2 Å². The average Bonchev–Trinajstić information content (AvgIpc) is 3.32. The van der Waals surface area contributed by atoms with Crippen molar-refractivity contribution in [3.63, 3.8) is 0 Å². The molecule has 1 aliphatic rings. The van der Waals surface area contributed by atoms with E-state index in [0.29, 0.717) is 44.3 Å². The smallest absolute Gasteiger partial charge is 0.305 e. The number of guanidine groups is 2. The molecule has 1 aliphatic carbocycles. The van der Waals surface area contributed by atoms with Crippen LogP contribution in [0.15, 0.2) is 52.4 Å². The number of aliphatic imine (C=N–C) groups is 2. The van der Waals surface area contributed by atoms with E-state index in [2.05, 4.69) is 41.9 Å². The summed E-state index contributed by atoms with van der Waals surface area (Å²) in [5, 5.41) is 27.8. The Morgan fingerprint density at radius 2 is 1.17 bits per heavy atom. The van der Waals surface area contributed by atoms with Gasteiger partial charge in [-0.15, -0.1) is 0 Å². The summed E-state index contributed by atoms with van der Waals surface area (Å²) in [5.74, 6) is -7.68. The molecule has 1 fully saturated rings. The molecule has 70 heavy (non-hydrogen) atoms. The second kappa shape index (κ2) is 29.0. The molecular weight excluding hydrogens is 907 g/mol. The third-order valence-electron chi connectivity index (χ3n) is 12.3. The Morgan fingerprint density at radius 3 is 1.71 bits per heavy atom. The second-order valence-corrected chi connectivity index (χ2v) is 17.7. The molecule has 0 aromatic heterocycles. The first-order chi connectivity index (χ1) is 33.2. The van der Waals surface area contributed by atoms with Gasteiger partial charge in [0, 0.05) is 25.0 Å². The first kappa shape index (κ1) is 57.1. The predicted octanol–water partition coefficient (Wildman–Crippen LogP) is -0.523. The van der Waals surface area contributed by atoms with E-state index in [0.717, 1.165) is 10.8 Å². The van der Waals surface area contributed by atoms with Crippen molar-refractivity contribution in [3.8, 4) is 5.75 Å². The molecule has 23 heteroatoms. The van der Waals surface area contributed by atoms with Crippen molar-refractivity contribution >= 4 is 70.0 Å². The Morgan fingerprint density at radius 1 is 0.657 bits per heavy atom. The Hall–Kier alpha value is -7.20. The van der Waals surface area contributed by atoms with Crippen LogP contribution in [0.5, 0.6) is 5.75 Å². The summed E-state index contributed by atoms with van der Waals surface area (Å²) in [7, 11) is 0. The molecule has 1 saturated carbocycles. The molecule has 2 aromatic rings. The van der Waals surface area contributed by atoms with E-state index in [4.69, 9.17) is 33.4 Å². The average molecular weight is 980 g/mol. The van der Waals surface area contributed by atoms with Gasteiger partial charge in [0.1, 0.15) is 36.0 Å². The van der Waals surface area contributed by atoms with Crippen molar-refractivity contribution in [1.82, 2.24) is 31.9 Å². The summed E-state index contributed by atoms with van der Waals surface area (Å²) in [6.45, 7) is 6.94. The third kappa shape index (κ3) is 19.4. The van der Waals surface area contributed by atoms with E-state index in [1.165, 1.54) is 0 Å². The molecule has 0 radical (unpaired) electrons. The van der Waals surface area contributed by atoms with Gasteiger partial charge in [-0.3, -0.25) is 48.3 Å². The van der Waals surface area contributed by atoms with Crippen LogP contribution in [0.4, 0.5) is 0 Å². The molecule has 3 rings (SSSR count). The van der Waals surface area contributed by atoms with E-state index in [1.54, 1.807) is 33.8 Å². The van der Waals surface area contributed by atoms with Gasteiger partial charge in [0.25, 0.3) is 5.91 Å². The van der Waals surface area contributed by atoms with Crippen molar-refractivity contribution in [3.05, 3.63) is 42.5 Å². The zero-order chi connectivity index (χ0) is 51.9. The number of amides is 7. The Balaban J connectivity index is 1.71. The number of hydrogen-bond acceptors (Lipinski definition) is 11. The van der Waals surface area contributed by atoms with Crippen molar-refractivity contribution in [2.24, 2.45) is 56.4 Å². The number of primary amides is 1. The SMILES string of the molecule is CC[C@H](C)[C@H](NC(=O)[C@H](CCCN=C(N)N)NC(=O)[C@H](CC(=O)O)NC(=O)[C@@H](NC(=O)[C@H](CCCN=C(N)N)NC(=O)C1CCC(NC(=O)COc2ccc3ccccc3c2)CC1)[C@@H](C)CC)C(N)=O. The number of nitrogens with one attached hydrogen (secondary N) is 6. The lowest BCUT2D eigenvalue weighted by Crippen LogP contribution is -2.60. The minimum absolute atomic E-state index is 0.0589. The lowest BCUT2D eigenvalue weighted by atomic mass is 9.85. The number of carbonyl (C=O) groups excluding carboxylic acids is 7. The van der Waals surface area contributed by atoms with E-state index < -0.39 is 89.9 Å². The number of hydrogen-bond donors (Lipinski definition) is 12. The molecular formula is C47H73N13O10. The highest BCUT2D eigenvalue weighted by molar-refractivity contribution is 5.97. The molecule has 2 aromatic carbocycles. The van der Waals surface area contributed by atoms with Crippen LogP contribution >= 0.6 is 0 Å². The minimum atomic E-state index is -1.74. The number of nitrogens with two attached hydrogens (primary N) is 5. The first-order valence-corrected chi connectivity index (χ1v) is 23.8. The van der Waals surface area contributed by atoms with Crippen LogP contribution in [0.1, 0.15) is 98.3 Å². The summed E-state index contributed by atoms with van der Waals surface area (Å²) in [6.07, 6.45) is 2.18. The second-order valence-electron chi connectivity index (χ2n) is 17.7. The largest absolute Gasteiger partial charge is 0.484 e. The van der Waals surface area contributed by atoms with Crippen molar-refractivity contribution in [1.29, 1.82) is 0 Å². The summed E-state index contributed by atoms with van der Waals surface area (Å²) in [5.41, 5.74) is 27.4. The fourth-order valence-electron chi connectivity index (χ4n) is 7.87. The molecule has 0 bridgehead atoms. The van der Waals surface area contributed by atoms with Crippen LogP contribution in [-0.4, -0.2) is 120 Å². The molecule has 0 heterocycles. The van der Waals surface area contributed by atoms with Gasteiger partial charge in [0.05, 0.1) is 6.42 Å². The van der Waals surface area contributed by atoms with E-state index in [9.17, 15) is 43.5 Å². The topological polar surface area (TPSA) is 393 Å². The highest BCUT2D eigenvalue weighted by atomic mass is 16.5. The van der Waals surface area contributed by atoms with E-state index in [1.807, 2.05) is 36.4 Å². The number of carbonyl (C=O) groups is 8. The summed E-state index contributed by atoms with van der Waals surface area (Å²) >= 11 is 0. The third-order valence-corrected chi connectivity index (χ3v) is 12.3. The van der Waals surface area contributed by atoms with Gasteiger partial charge in [-0.1, -0.05) is 70.9 Å². The van der Waals surface area contributed by atoms with Gasteiger partial charge >= 0.3 is 5.97 Å². The maximum absolute atomic E-state index is 14.1. The Bertz CT molecular complexity index is 2170. The van der Waals surface area contributed by atoms with Gasteiger partial charge in [-0.25, -0.2) is 0 Å². The molecule has 23 nitrogen and oxygen atoms in total. The number of ether oxygens (including phenoxy) is 1. The fourth-order valence-corrected chi connectivity index (χ4v) is 7.87. The monoisotopic (exact) mass is 980 g/mol. The number of carboxylic acid groups (broad SMARTS) is 1. The van der Waals surface area contributed by atoms with Crippen LogP contribution < -0.4 is 65.3 Å². The molecule has 386 valence electrons. The lowest BCUT2D eigenvalue weighted by molar-refractivity contribution is -0.142. The van der Waals surface area contributed by atoms with Crippen LogP contribution in [0.3, 0.4) is 0 Å². The first-order valence-electron chi connectivity index (χ1n) is 23.8. The van der Waals surface area contributed by atoms with Crippen LogP contribution in [0.2, 0.25) is 0 Å². The van der Waals surface area contributed by atoms with Crippen molar-refractivity contribution in [2.45, 2.75) is 135 Å². The number of fused-ring (bicyclic) bond motifs is 1. The molecule has 0 spiro atoms. The lowest BCUT2D eigenvalue weighted by Gasteiger charge is -2.31. The van der Waals surface area contributed by atoms with Crippen LogP contribution in [-0.2, 0) is 38.4 Å². The maximum atomic E-state index is 14.1. The van der Waals surface area contributed by atoms with E-state index in [-0.39, 0.29) is 75.2 Å². The van der Waals surface area contributed by atoms with Gasteiger partial charge < -0.3 is 70.4 Å². The summed E-state index contributed by atoms with van der Waals surface area (Å²) in [4.78, 5) is 114. The number of aliphatic carboxylic acids is 1. The number of rotatable bonds is 29. The quantitative estimate of drug-likeness (QED) is 0.0277. The van der Waals surface area contributed by atoms with Crippen LogP contribution in [0.25, 0.3) is 10.8 Å². The number of benzene rings is 2. The molecule has 0 unspecified atom stereocenters. The zero-order valence-electron chi connectivity index (χ0n) is 40.5. The van der Waals surface area contributed by atoms with Crippen molar-refractivity contribution in [2.75, 3.05) is 19.7 Å². The fraction of sp³-hybridized carbons (Fsp3) is 0.574. The molecule has 0 saturated heterocycles.